The third-order valence-electron chi connectivity index (χ3n) is 5.26. The van der Waals surface area contributed by atoms with Crippen molar-refractivity contribution in [2.45, 2.75) is 82.0 Å². The van der Waals surface area contributed by atoms with E-state index < -0.39 is 54.5 Å². The first-order valence-electron chi connectivity index (χ1n) is 11.8. The molecule has 0 saturated carbocycles. The van der Waals surface area contributed by atoms with Gasteiger partial charge in [0.15, 0.2) is 0 Å². The van der Waals surface area contributed by atoms with Crippen LogP contribution in [0.2, 0.25) is 0 Å². The van der Waals surface area contributed by atoms with E-state index in [4.69, 9.17) is 28.0 Å². The minimum atomic E-state index is -1.51. The van der Waals surface area contributed by atoms with Gasteiger partial charge in [0.2, 0.25) is 17.7 Å². The molecule has 0 spiro atoms. The highest BCUT2D eigenvalue weighted by molar-refractivity contribution is 5.94. The standard InChI is InChI=1S/C21H43N7O6/c22-10-4-1-7-14(25)18(30)26-15(8-2-5-11-23)19(31)27-16(9-3-6-12-24)20(32)28-17(13-29)21(33)34/h14-17,29H,1-13,22-25H2,(H,26,30)(H,27,31)(H,28,32)(H,33,34)/t14-,15-,16-,17-/m0/s1. The van der Waals surface area contributed by atoms with Gasteiger partial charge in [-0.25, -0.2) is 4.79 Å². The maximum absolute atomic E-state index is 13.0. The Morgan fingerprint density at radius 2 is 1.00 bits per heavy atom. The minimum Gasteiger partial charge on any atom is -0.480 e. The predicted molar refractivity (Wildman–Crippen MR) is 127 cm³/mol. The topological polar surface area (TPSA) is 249 Å². The highest BCUT2D eigenvalue weighted by Gasteiger charge is 2.29. The first kappa shape index (κ1) is 31.7. The molecule has 0 fully saturated rings. The van der Waals surface area contributed by atoms with Crippen LogP contribution in [0, 0.1) is 0 Å². The highest BCUT2D eigenvalue weighted by Crippen LogP contribution is 2.07. The Kier molecular flexibility index (Phi) is 17.7. The molecule has 13 N–H and O–H groups in total. The van der Waals surface area contributed by atoms with E-state index in [1.807, 2.05) is 0 Å². The van der Waals surface area contributed by atoms with Crippen molar-refractivity contribution < 1.29 is 29.4 Å². The lowest BCUT2D eigenvalue weighted by Gasteiger charge is -2.25. The van der Waals surface area contributed by atoms with Crippen LogP contribution < -0.4 is 38.9 Å². The van der Waals surface area contributed by atoms with Crippen molar-refractivity contribution >= 4 is 23.7 Å². The molecule has 4 atom stereocenters. The molecule has 0 aromatic heterocycles. The molecule has 0 heterocycles. The average molecular weight is 490 g/mol. The average Bonchev–Trinajstić information content (AvgIpc) is 2.80. The number of nitrogens with one attached hydrogen (secondary N) is 3. The number of aliphatic carboxylic acids is 1. The van der Waals surface area contributed by atoms with Crippen molar-refractivity contribution in [2.75, 3.05) is 26.2 Å². The molecule has 3 amide bonds. The van der Waals surface area contributed by atoms with Crippen LogP contribution in [-0.4, -0.2) is 84.3 Å². The van der Waals surface area contributed by atoms with E-state index in [0.29, 0.717) is 58.2 Å². The van der Waals surface area contributed by atoms with E-state index in [9.17, 15) is 24.3 Å². The summed E-state index contributed by atoms with van der Waals surface area (Å²) in [6, 6.07) is -4.33. The zero-order chi connectivity index (χ0) is 25.9. The number of hydrogen-bond donors (Lipinski definition) is 9. The molecule has 0 aromatic rings. The summed E-state index contributed by atoms with van der Waals surface area (Å²) in [7, 11) is 0. The van der Waals surface area contributed by atoms with Gasteiger partial charge in [0.1, 0.15) is 18.1 Å². The monoisotopic (exact) mass is 489 g/mol. The molecule has 0 radical (unpaired) electrons. The fourth-order valence-corrected chi connectivity index (χ4v) is 3.17. The number of hydrogen-bond acceptors (Lipinski definition) is 9. The van der Waals surface area contributed by atoms with Crippen LogP contribution in [0.5, 0.6) is 0 Å². The Morgan fingerprint density at radius 3 is 1.38 bits per heavy atom. The number of carbonyl (C=O) groups is 4. The number of aliphatic hydroxyl groups is 1. The zero-order valence-electron chi connectivity index (χ0n) is 19.8. The Labute approximate surface area is 200 Å². The maximum atomic E-state index is 13.0. The molecule has 198 valence electrons. The van der Waals surface area contributed by atoms with E-state index in [0.717, 1.165) is 6.42 Å². The predicted octanol–water partition coefficient (Wildman–Crippen LogP) is -2.77. The third kappa shape index (κ3) is 13.4. The summed E-state index contributed by atoms with van der Waals surface area (Å²) in [5, 5.41) is 25.7. The quantitative estimate of drug-likeness (QED) is 0.0796. The van der Waals surface area contributed by atoms with Crippen LogP contribution >= 0.6 is 0 Å². The fourth-order valence-electron chi connectivity index (χ4n) is 3.17. The molecule has 0 aliphatic carbocycles. The van der Waals surface area contributed by atoms with Crippen LogP contribution in [0.15, 0.2) is 0 Å². The number of carboxylic acids is 1. The molecular formula is C21H43N7O6. The second kappa shape index (κ2) is 19.0. The van der Waals surface area contributed by atoms with Gasteiger partial charge >= 0.3 is 5.97 Å². The zero-order valence-corrected chi connectivity index (χ0v) is 19.8. The Bertz CT molecular complexity index is 622. The van der Waals surface area contributed by atoms with E-state index >= 15 is 0 Å². The van der Waals surface area contributed by atoms with Gasteiger partial charge in [0.05, 0.1) is 12.6 Å². The van der Waals surface area contributed by atoms with E-state index in [1.165, 1.54) is 0 Å². The van der Waals surface area contributed by atoms with E-state index in [1.54, 1.807) is 0 Å². The van der Waals surface area contributed by atoms with Crippen LogP contribution in [0.25, 0.3) is 0 Å². The summed E-state index contributed by atoms with van der Waals surface area (Å²) in [6.45, 7) is 0.495. The molecule has 0 rings (SSSR count). The molecule has 0 saturated heterocycles. The lowest BCUT2D eigenvalue weighted by Crippen LogP contribution is -2.57. The Balaban J connectivity index is 5.35. The normalized spacial score (nSPS) is 14.5. The molecule has 0 aliphatic rings. The summed E-state index contributed by atoms with van der Waals surface area (Å²) in [5.74, 6) is -3.24. The molecule has 0 aliphatic heterocycles. The van der Waals surface area contributed by atoms with Gasteiger partial charge in [-0.05, 0) is 71.0 Å². The van der Waals surface area contributed by atoms with Crippen molar-refractivity contribution in [3.05, 3.63) is 0 Å². The van der Waals surface area contributed by atoms with Crippen molar-refractivity contribution in [1.82, 2.24) is 16.0 Å². The molecule has 0 bridgehead atoms. The van der Waals surface area contributed by atoms with Gasteiger partial charge < -0.3 is 49.1 Å². The summed E-state index contributed by atoms with van der Waals surface area (Å²) in [4.78, 5) is 49.3. The molecule has 13 nitrogen and oxygen atoms in total. The van der Waals surface area contributed by atoms with Gasteiger partial charge in [-0.2, -0.15) is 0 Å². The Morgan fingerprint density at radius 1 is 0.618 bits per heavy atom. The summed E-state index contributed by atoms with van der Waals surface area (Å²) >= 11 is 0. The SMILES string of the molecule is NCCCC[C@H](NC(=O)[C@H](CCCCN)NC(=O)[C@@H](N)CCCCN)C(=O)N[C@@H](CO)C(=O)O. The van der Waals surface area contributed by atoms with Gasteiger partial charge in [0, 0.05) is 0 Å². The number of carbonyl (C=O) groups excluding carboxylic acids is 3. The number of carboxylic acid groups (broad SMARTS) is 1. The number of nitrogens with two attached hydrogens (primary N) is 4. The smallest absolute Gasteiger partial charge is 0.328 e. The highest BCUT2D eigenvalue weighted by atomic mass is 16.4. The van der Waals surface area contributed by atoms with E-state index in [2.05, 4.69) is 16.0 Å². The third-order valence-corrected chi connectivity index (χ3v) is 5.26. The largest absolute Gasteiger partial charge is 0.480 e. The number of unbranched alkanes of at least 4 members (excludes halogenated alkanes) is 3. The lowest BCUT2D eigenvalue weighted by atomic mass is 10.0. The number of rotatable bonds is 20. The van der Waals surface area contributed by atoms with Gasteiger partial charge in [-0.3, -0.25) is 14.4 Å². The summed E-state index contributed by atoms with van der Waals surface area (Å²) in [5.41, 5.74) is 22.4. The number of aliphatic hydroxyl groups excluding tert-OH is 1. The van der Waals surface area contributed by atoms with Crippen molar-refractivity contribution in [3.8, 4) is 0 Å². The second-order valence-corrected chi connectivity index (χ2v) is 8.16. The van der Waals surface area contributed by atoms with Crippen LogP contribution in [0.1, 0.15) is 57.8 Å². The molecular weight excluding hydrogens is 446 g/mol. The molecule has 13 heteroatoms. The number of amides is 3. The lowest BCUT2D eigenvalue weighted by molar-refractivity contribution is -0.143. The van der Waals surface area contributed by atoms with Crippen LogP contribution in [0.4, 0.5) is 0 Å². The van der Waals surface area contributed by atoms with Crippen LogP contribution in [-0.2, 0) is 19.2 Å². The second-order valence-electron chi connectivity index (χ2n) is 8.16. The molecule has 34 heavy (non-hydrogen) atoms. The molecule has 0 unspecified atom stereocenters. The molecule has 0 aromatic carbocycles. The van der Waals surface area contributed by atoms with Crippen molar-refractivity contribution in [2.24, 2.45) is 22.9 Å². The minimum absolute atomic E-state index is 0.203. The van der Waals surface area contributed by atoms with Crippen molar-refractivity contribution in [3.63, 3.8) is 0 Å². The first-order valence-corrected chi connectivity index (χ1v) is 11.8. The van der Waals surface area contributed by atoms with Gasteiger partial charge in [0.25, 0.3) is 0 Å². The van der Waals surface area contributed by atoms with Crippen molar-refractivity contribution in [1.29, 1.82) is 0 Å². The summed E-state index contributed by atoms with van der Waals surface area (Å²) in [6.07, 6.45) is 4.61. The first-order chi connectivity index (χ1) is 16.2. The summed E-state index contributed by atoms with van der Waals surface area (Å²) < 4.78 is 0. The van der Waals surface area contributed by atoms with Gasteiger partial charge in [-0.1, -0.05) is 6.42 Å². The van der Waals surface area contributed by atoms with Gasteiger partial charge in [-0.15, -0.1) is 0 Å². The Hall–Kier alpha value is -2.32. The van der Waals surface area contributed by atoms with E-state index in [-0.39, 0.29) is 12.8 Å². The maximum Gasteiger partial charge on any atom is 0.328 e. The fraction of sp³-hybridized carbons (Fsp3) is 0.810. The van der Waals surface area contributed by atoms with Crippen LogP contribution in [0.3, 0.4) is 0 Å².